The fourth-order valence-corrected chi connectivity index (χ4v) is 1.73. The third kappa shape index (κ3) is 3.39. The zero-order valence-corrected chi connectivity index (χ0v) is 11.7. The van der Waals surface area contributed by atoms with E-state index in [1.165, 1.54) is 32.4 Å². The molecule has 0 aliphatic heterocycles. The lowest BCUT2D eigenvalue weighted by atomic mass is 10.2. The molecule has 0 aliphatic carbocycles. The molecule has 0 radical (unpaired) electrons. The molecule has 0 N–H and O–H groups in total. The summed E-state index contributed by atoms with van der Waals surface area (Å²) in [7, 11) is 2.72. The van der Waals surface area contributed by atoms with Crippen molar-refractivity contribution in [3.63, 3.8) is 0 Å². The maximum Gasteiger partial charge on any atom is 0.343 e. The lowest BCUT2D eigenvalue weighted by Crippen LogP contribution is -2.09. The van der Waals surface area contributed by atoms with Crippen molar-refractivity contribution in [2.24, 2.45) is 0 Å². The molecule has 0 aliphatic rings. The van der Waals surface area contributed by atoms with E-state index in [-0.39, 0.29) is 11.5 Å². The maximum atomic E-state index is 12.0. The van der Waals surface area contributed by atoms with Crippen LogP contribution in [0, 0.1) is 0 Å². The highest BCUT2D eigenvalue weighted by atomic mass is 16.6. The summed E-state index contributed by atoms with van der Waals surface area (Å²) in [6, 6.07) is 13.0. The van der Waals surface area contributed by atoms with Crippen LogP contribution in [0.4, 0.5) is 0 Å². The van der Waals surface area contributed by atoms with Crippen molar-refractivity contribution < 1.29 is 23.8 Å². The molecule has 2 aromatic carbocycles. The van der Waals surface area contributed by atoms with Gasteiger partial charge in [-0.05, 0) is 30.3 Å². The predicted octanol–water partition coefficient (Wildman–Crippen LogP) is 2.70. The Morgan fingerprint density at radius 3 is 2.14 bits per heavy atom. The third-order valence-electron chi connectivity index (χ3n) is 2.80. The monoisotopic (exact) mass is 286 g/mol. The first-order valence-electron chi connectivity index (χ1n) is 6.19. The van der Waals surface area contributed by atoms with Crippen LogP contribution in [-0.4, -0.2) is 26.2 Å². The van der Waals surface area contributed by atoms with E-state index >= 15 is 0 Å². The first kappa shape index (κ1) is 14.6. The van der Waals surface area contributed by atoms with Gasteiger partial charge in [-0.1, -0.05) is 18.2 Å². The third-order valence-corrected chi connectivity index (χ3v) is 2.80. The minimum atomic E-state index is -0.500. The van der Waals surface area contributed by atoms with Gasteiger partial charge in [-0.15, -0.1) is 0 Å². The predicted molar refractivity (Wildman–Crippen MR) is 75.7 cm³/mol. The summed E-state index contributed by atoms with van der Waals surface area (Å²) in [4.78, 5) is 23.4. The van der Waals surface area contributed by atoms with Crippen LogP contribution >= 0.6 is 0 Å². The van der Waals surface area contributed by atoms with Gasteiger partial charge in [0, 0.05) is 0 Å². The second-order valence-corrected chi connectivity index (χ2v) is 4.11. The van der Waals surface area contributed by atoms with Crippen LogP contribution in [0.25, 0.3) is 0 Å². The molecule has 108 valence electrons. The molecule has 5 heteroatoms. The van der Waals surface area contributed by atoms with Gasteiger partial charge in [-0.3, -0.25) is 0 Å². The minimum absolute atomic E-state index is 0.235. The zero-order chi connectivity index (χ0) is 15.2. The first-order chi connectivity index (χ1) is 10.2. The van der Waals surface area contributed by atoms with Crippen LogP contribution in [0.2, 0.25) is 0 Å². The number of rotatable bonds is 4. The Hall–Kier alpha value is -2.82. The van der Waals surface area contributed by atoms with E-state index in [1.807, 2.05) is 6.07 Å². The van der Waals surface area contributed by atoms with E-state index in [0.29, 0.717) is 11.1 Å². The Bertz CT molecular complexity index is 649. The molecule has 0 saturated heterocycles. The molecule has 0 fully saturated rings. The molecule has 0 bridgehead atoms. The van der Waals surface area contributed by atoms with Gasteiger partial charge in [0.2, 0.25) is 0 Å². The largest absolute Gasteiger partial charge is 0.493 e. The standard InChI is InChI=1S/C16H14O5/c1-19-14-10-12(15(17)20-2)8-9-13(14)21-16(18)11-6-4-3-5-7-11/h3-10H,1-2H3. The van der Waals surface area contributed by atoms with Gasteiger partial charge in [0.15, 0.2) is 11.5 Å². The summed E-state index contributed by atoms with van der Waals surface area (Å²) >= 11 is 0. The Kier molecular flexibility index (Phi) is 4.56. The SMILES string of the molecule is COC(=O)c1ccc(OC(=O)c2ccccc2)c(OC)c1. The van der Waals surface area contributed by atoms with Crippen LogP contribution in [0.3, 0.4) is 0 Å². The lowest BCUT2D eigenvalue weighted by molar-refractivity contribution is 0.0600. The van der Waals surface area contributed by atoms with Gasteiger partial charge >= 0.3 is 11.9 Å². The summed E-state index contributed by atoms with van der Waals surface area (Å²) < 4.78 is 15.0. The molecule has 0 saturated carbocycles. The Balaban J connectivity index is 2.24. The van der Waals surface area contributed by atoms with E-state index in [0.717, 1.165) is 0 Å². The van der Waals surface area contributed by atoms with E-state index in [9.17, 15) is 9.59 Å². The first-order valence-corrected chi connectivity index (χ1v) is 6.19. The van der Waals surface area contributed by atoms with Crippen LogP contribution in [0.1, 0.15) is 20.7 Å². The molecule has 5 nitrogen and oxygen atoms in total. The molecule has 0 unspecified atom stereocenters. The summed E-state index contributed by atoms with van der Waals surface area (Å²) in [5.74, 6) is -0.477. The molecule has 21 heavy (non-hydrogen) atoms. The van der Waals surface area contributed by atoms with E-state index < -0.39 is 11.9 Å². The number of benzene rings is 2. The topological polar surface area (TPSA) is 61.8 Å². The van der Waals surface area contributed by atoms with Crippen molar-refractivity contribution in [2.45, 2.75) is 0 Å². The molecule has 2 aromatic rings. The van der Waals surface area contributed by atoms with Crippen molar-refractivity contribution in [3.05, 3.63) is 59.7 Å². The molecule has 0 heterocycles. The van der Waals surface area contributed by atoms with Crippen LogP contribution in [0.15, 0.2) is 48.5 Å². The highest BCUT2D eigenvalue weighted by molar-refractivity contribution is 5.92. The second-order valence-electron chi connectivity index (χ2n) is 4.11. The molecule has 0 aromatic heterocycles. The van der Waals surface area contributed by atoms with Crippen LogP contribution in [0.5, 0.6) is 11.5 Å². The molecule has 2 rings (SSSR count). The van der Waals surface area contributed by atoms with Gasteiger partial charge in [0.05, 0.1) is 25.3 Å². The molecule has 0 spiro atoms. The normalized spacial score (nSPS) is 9.81. The number of carbonyl (C=O) groups is 2. The number of hydrogen-bond donors (Lipinski definition) is 0. The molecular weight excluding hydrogens is 272 g/mol. The van der Waals surface area contributed by atoms with Gasteiger partial charge in [-0.25, -0.2) is 9.59 Å². The highest BCUT2D eigenvalue weighted by Crippen LogP contribution is 2.29. The van der Waals surface area contributed by atoms with Crippen molar-refractivity contribution in [3.8, 4) is 11.5 Å². The van der Waals surface area contributed by atoms with Crippen molar-refractivity contribution in [1.82, 2.24) is 0 Å². The average Bonchev–Trinajstić information content (AvgIpc) is 2.55. The van der Waals surface area contributed by atoms with Gasteiger partial charge in [-0.2, -0.15) is 0 Å². The van der Waals surface area contributed by atoms with Crippen LogP contribution < -0.4 is 9.47 Å². The Morgan fingerprint density at radius 2 is 1.52 bits per heavy atom. The quantitative estimate of drug-likeness (QED) is 0.639. The van der Waals surface area contributed by atoms with Crippen molar-refractivity contribution in [2.75, 3.05) is 14.2 Å². The van der Waals surface area contributed by atoms with Crippen LogP contribution in [-0.2, 0) is 4.74 Å². The molecule has 0 amide bonds. The number of carbonyl (C=O) groups excluding carboxylic acids is 2. The summed E-state index contributed by atoms with van der Waals surface area (Å²) in [5.41, 5.74) is 0.741. The van der Waals surface area contributed by atoms with Crippen molar-refractivity contribution >= 4 is 11.9 Å². The highest BCUT2D eigenvalue weighted by Gasteiger charge is 2.15. The number of esters is 2. The van der Waals surface area contributed by atoms with Gasteiger partial charge in [0.25, 0.3) is 0 Å². The number of methoxy groups -OCH3 is 2. The van der Waals surface area contributed by atoms with E-state index in [4.69, 9.17) is 9.47 Å². The second kappa shape index (κ2) is 6.56. The zero-order valence-electron chi connectivity index (χ0n) is 11.7. The van der Waals surface area contributed by atoms with Gasteiger partial charge in [0.1, 0.15) is 0 Å². The van der Waals surface area contributed by atoms with Gasteiger partial charge < -0.3 is 14.2 Å². The summed E-state index contributed by atoms with van der Waals surface area (Å²) in [6.07, 6.45) is 0. The summed E-state index contributed by atoms with van der Waals surface area (Å²) in [6.45, 7) is 0. The maximum absolute atomic E-state index is 12.0. The minimum Gasteiger partial charge on any atom is -0.493 e. The molecule has 0 atom stereocenters. The van der Waals surface area contributed by atoms with Crippen molar-refractivity contribution in [1.29, 1.82) is 0 Å². The average molecular weight is 286 g/mol. The Morgan fingerprint density at radius 1 is 0.810 bits per heavy atom. The fourth-order valence-electron chi connectivity index (χ4n) is 1.73. The summed E-state index contributed by atoms with van der Waals surface area (Å²) in [5, 5.41) is 0. The van der Waals surface area contributed by atoms with E-state index in [1.54, 1.807) is 24.3 Å². The number of ether oxygens (including phenoxy) is 3. The smallest absolute Gasteiger partial charge is 0.343 e. The Labute approximate surface area is 122 Å². The van der Waals surface area contributed by atoms with E-state index in [2.05, 4.69) is 4.74 Å². The fraction of sp³-hybridized carbons (Fsp3) is 0.125. The lowest BCUT2D eigenvalue weighted by Gasteiger charge is -2.10. The molecular formula is C16H14O5. The number of hydrogen-bond acceptors (Lipinski definition) is 5.